The quantitative estimate of drug-likeness (QED) is 0.222. The summed E-state index contributed by atoms with van der Waals surface area (Å²) < 4.78 is 7.68. The number of primary amides is 1. The first-order valence-corrected chi connectivity index (χ1v) is 13.4. The van der Waals surface area contributed by atoms with E-state index >= 15 is 0 Å². The molecule has 11 heteroatoms. The van der Waals surface area contributed by atoms with E-state index in [0.29, 0.717) is 24.7 Å². The maximum atomic E-state index is 11.5. The summed E-state index contributed by atoms with van der Waals surface area (Å²) in [7, 11) is 0. The van der Waals surface area contributed by atoms with E-state index in [-0.39, 0.29) is 6.04 Å². The fourth-order valence-electron chi connectivity index (χ4n) is 5.39. The molecule has 4 aromatic rings. The molecule has 2 aromatic carbocycles. The van der Waals surface area contributed by atoms with E-state index in [1.165, 1.54) is 5.56 Å². The minimum Gasteiger partial charge on any atom is -0.378 e. The Morgan fingerprint density at radius 2 is 1.69 bits per heavy atom. The van der Waals surface area contributed by atoms with Crippen molar-refractivity contribution in [1.82, 2.24) is 24.6 Å². The van der Waals surface area contributed by atoms with Crippen molar-refractivity contribution in [2.75, 3.05) is 49.3 Å². The minimum atomic E-state index is -0.728. The van der Waals surface area contributed by atoms with Crippen LogP contribution in [0.15, 0.2) is 60.8 Å². The molecule has 2 saturated heterocycles. The van der Waals surface area contributed by atoms with Crippen LogP contribution in [0.25, 0.3) is 22.4 Å². The van der Waals surface area contributed by atoms with E-state index in [1.54, 1.807) is 12.1 Å². The van der Waals surface area contributed by atoms with Crippen molar-refractivity contribution >= 4 is 28.6 Å². The zero-order chi connectivity index (χ0) is 26.8. The van der Waals surface area contributed by atoms with Gasteiger partial charge in [0.15, 0.2) is 11.5 Å². The number of amides is 2. The fourth-order valence-corrected chi connectivity index (χ4v) is 5.39. The average Bonchev–Trinajstić information content (AvgIpc) is 3.42. The molecule has 2 aliphatic heterocycles. The lowest BCUT2D eigenvalue weighted by atomic mass is 10.0. The number of likely N-dealkylation sites (tertiary alicyclic amines) is 1. The molecule has 4 N–H and O–H groups in total. The highest BCUT2D eigenvalue weighted by atomic mass is 16.5. The number of fused-ring (bicyclic) bond motifs is 1. The summed E-state index contributed by atoms with van der Waals surface area (Å²) in [5.74, 6) is 7.22. The Labute approximate surface area is 226 Å². The number of urea groups is 1. The third kappa shape index (κ3) is 5.29. The zero-order valence-corrected chi connectivity index (χ0v) is 21.8. The monoisotopic (exact) mass is 527 g/mol. The number of ether oxygens (including phenoxy) is 1. The number of morpholine rings is 1. The fraction of sp³-hybridized carbons (Fsp3) is 0.357. The van der Waals surface area contributed by atoms with Gasteiger partial charge in [-0.3, -0.25) is 4.90 Å². The van der Waals surface area contributed by atoms with Gasteiger partial charge in [-0.05, 0) is 42.7 Å². The summed E-state index contributed by atoms with van der Waals surface area (Å²) in [6.07, 6.45) is 3.91. The van der Waals surface area contributed by atoms with Gasteiger partial charge in [0, 0.05) is 38.3 Å². The number of nitrogens with two attached hydrogens (primary N) is 2. The molecule has 11 nitrogen and oxygen atoms in total. The van der Waals surface area contributed by atoms with Gasteiger partial charge in [-0.2, -0.15) is 5.10 Å². The lowest BCUT2D eigenvalue weighted by molar-refractivity contribution is 0.122. The Bertz CT molecular complexity index is 1430. The second kappa shape index (κ2) is 11.0. The Kier molecular flexibility index (Phi) is 7.10. The van der Waals surface area contributed by atoms with E-state index < -0.39 is 6.03 Å². The van der Waals surface area contributed by atoms with Crippen LogP contribution in [0.3, 0.4) is 0 Å². The van der Waals surface area contributed by atoms with Crippen LogP contribution >= 0.6 is 0 Å². The highest BCUT2D eigenvalue weighted by Gasteiger charge is 2.26. The molecule has 2 aliphatic rings. The van der Waals surface area contributed by atoms with Crippen molar-refractivity contribution in [2.24, 2.45) is 11.6 Å². The highest BCUT2D eigenvalue weighted by molar-refractivity contribution is 5.90. The molecule has 202 valence electrons. The summed E-state index contributed by atoms with van der Waals surface area (Å²) >= 11 is 0. The number of anilines is 2. The van der Waals surface area contributed by atoms with E-state index in [0.717, 1.165) is 73.0 Å². The molecule has 2 amide bonds. The number of hydrazine groups is 1. The number of rotatable bonds is 6. The van der Waals surface area contributed by atoms with Crippen molar-refractivity contribution in [3.63, 3.8) is 0 Å². The lowest BCUT2D eigenvalue weighted by Crippen LogP contribution is -2.41. The molecular weight excluding hydrogens is 494 g/mol. The summed E-state index contributed by atoms with van der Waals surface area (Å²) in [6, 6.07) is 17.3. The molecule has 0 bridgehead atoms. The van der Waals surface area contributed by atoms with E-state index in [2.05, 4.69) is 44.8 Å². The van der Waals surface area contributed by atoms with Gasteiger partial charge in [0.05, 0.1) is 36.5 Å². The van der Waals surface area contributed by atoms with Gasteiger partial charge in [-0.25, -0.2) is 30.3 Å². The highest BCUT2D eigenvalue weighted by Crippen LogP contribution is 2.32. The van der Waals surface area contributed by atoms with Crippen LogP contribution in [0.4, 0.5) is 16.3 Å². The van der Waals surface area contributed by atoms with Gasteiger partial charge in [0.2, 0.25) is 0 Å². The Balaban J connectivity index is 1.30. The maximum Gasteiger partial charge on any atom is 0.333 e. The first-order chi connectivity index (χ1) is 19.1. The van der Waals surface area contributed by atoms with Gasteiger partial charge < -0.3 is 15.4 Å². The molecule has 0 radical (unpaired) electrons. The second-order valence-electron chi connectivity index (χ2n) is 10.0. The lowest BCUT2D eigenvalue weighted by Gasteiger charge is -2.32. The van der Waals surface area contributed by atoms with Crippen molar-refractivity contribution < 1.29 is 9.53 Å². The molecule has 6 rings (SSSR count). The summed E-state index contributed by atoms with van der Waals surface area (Å²) in [6.45, 7) is 5.81. The van der Waals surface area contributed by atoms with E-state index in [4.69, 9.17) is 31.4 Å². The molecule has 2 aromatic heterocycles. The second-order valence-corrected chi connectivity index (χ2v) is 10.0. The van der Waals surface area contributed by atoms with Crippen molar-refractivity contribution in [2.45, 2.75) is 25.4 Å². The number of hydrogen-bond donors (Lipinski definition) is 2. The molecule has 2 fully saturated rings. The molecule has 0 saturated carbocycles. The van der Waals surface area contributed by atoms with Crippen LogP contribution in [0.5, 0.6) is 0 Å². The molecule has 0 spiro atoms. The predicted molar refractivity (Wildman–Crippen MR) is 150 cm³/mol. The van der Waals surface area contributed by atoms with Crippen LogP contribution in [-0.4, -0.2) is 70.1 Å². The molecule has 39 heavy (non-hydrogen) atoms. The van der Waals surface area contributed by atoms with Gasteiger partial charge in [-0.15, -0.1) is 0 Å². The molecular formula is C28H33N9O2. The average molecular weight is 528 g/mol. The molecule has 0 atom stereocenters. The number of benzene rings is 2. The number of carbonyl (C=O) groups is 1. The zero-order valence-electron chi connectivity index (χ0n) is 21.8. The third-order valence-electron chi connectivity index (χ3n) is 7.54. The Morgan fingerprint density at radius 3 is 2.38 bits per heavy atom. The van der Waals surface area contributed by atoms with E-state index in [9.17, 15) is 4.79 Å². The normalized spacial score (nSPS) is 17.0. The van der Waals surface area contributed by atoms with Gasteiger partial charge in [-0.1, -0.05) is 30.3 Å². The van der Waals surface area contributed by atoms with Crippen LogP contribution in [-0.2, 0) is 11.3 Å². The van der Waals surface area contributed by atoms with Crippen LogP contribution < -0.4 is 21.5 Å². The van der Waals surface area contributed by atoms with Gasteiger partial charge in [0.25, 0.3) is 0 Å². The number of nitrogens with zero attached hydrogens (tertiary/aromatic N) is 7. The number of piperidine rings is 1. The molecule has 4 heterocycles. The van der Waals surface area contributed by atoms with Crippen molar-refractivity contribution in [1.29, 1.82) is 0 Å². The number of carbonyl (C=O) groups excluding carboxylic acids is 1. The van der Waals surface area contributed by atoms with E-state index in [1.807, 2.05) is 18.3 Å². The predicted octanol–water partition coefficient (Wildman–Crippen LogP) is 2.93. The van der Waals surface area contributed by atoms with Crippen LogP contribution in [0.1, 0.15) is 24.4 Å². The summed E-state index contributed by atoms with van der Waals surface area (Å²) in [5.41, 5.74) is 8.80. The molecule has 0 aliphatic carbocycles. The topological polar surface area (TPSA) is 132 Å². The van der Waals surface area contributed by atoms with Crippen molar-refractivity contribution in [3.8, 4) is 11.4 Å². The first kappa shape index (κ1) is 25.2. The first-order valence-electron chi connectivity index (χ1n) is 13.4. The molecule has 0 unspecified atom stereocenters. The summed E-state index contributed by atoms with van der Waals surface area (Å²) in [4.78, 5) is 26.2. The standard InChI is InChI=1S/C28H33N9O2/c29-28(38)36(30)22-8-6-21(7-9-22)25-32-26(35-14-16-39-17-15-35)24-18-31-37(27(24)33-25)23-10-12-34(13-11-23)19-20-4-2-1-3-5-20/h1-9,18,23H,10-17,19,30H2,(H2,29,38). The SMILES string of the molecule is NC(=O)N(N)c1ccc(-c2nc(N3CCOCC3)c3cnn(C4CCN(Cc5ccccc5)CC4)c3n2)cc1. The van der Waals surface area contributed by atoms with Crippen LogP contribution in [0.2, 0.25) is 0 Å². The Morgan fingerprint density at radius 1 is 0.974 bits per heavy atom. The number of aromatic nitrogens is 4. The number of hydrogen-bond acceptors (Lipinski definition) is 8. The maximum absolute atomic E-state index is 11.5. The Hall–Kier alpha value is -4.06. The summed E-state index contributed by atoms with van der Waals surface area (Å²) in [5, 5.41) is 6.70. The smallest absolute Gasteiger partial charge is 0.333 e. The van der Waals surface area contributed by atoms with Crippen LogP contribution in [0, 0.1) is 0 Å². The largest absolute Gasteiger partial charge is 0.378 e. The van der Waals surface area contributed by atoms with Gasteiger partial charge in [0.1, 0.15) is 5.82 Å². The van der Waals surface area contributed by atoms with Gasteiger partial charge >= 0.3 is 6.03 Å². The third-order valence-corrected chi connectivity index (χ3v) is 7.54. The minimum absolute atomic E-state index is 0.263. The van der Waals surface area contributed by atoms with Crippen molar-refractivity contribution in [3.05, 3.63) is 66.4 Å².